The number of nitrogens with one attached hydrogen (secondary N) is 2. The van der Waals surface area contributed by atoms with Crippen molar-refractivity contribution in [1.82, 2.24) is 14.5 Å². The van der Waals surface area contributed by atoms with E-state index in [0.717, 1.165) is 23.1 Å². The van der Waals surface area contributed by atoms with Crippen molar-refractivity contribution in [3.63, 3.8) is 0 Å². The van der Waals surface area contributed by atoms with E-state index in [-0.39, 0.29) is 5.56 Å². The molecule has 2 aromatic heterocycles. The van der Waals surface area contributed by atoms with Crippen molar-refractivity contribution in [2.45, 2.75) is 46.2 Å². The second-order valence-corrected chi connectivity index (χ2v) is 7.12. The van der Waals surface area contributed by atoms with Crippen LogP contribution in [0.5, 0.6) is 0 Å². The number of anilines is 1. The Morgan fingerprint density at radius 2 is 2.00 bits per heavy atom. The maximum Gasteiger partial charge on any atom is 0.256 e. The largest absolute Gasteiger partial charge is 0.354 e. The summed E-state index contributed by atoms with van der Waals surface area (Å²) in [4.78, 5) is 26.9. The lowest BCUT2D eigenvalue weighted by molar-refractivity contribution is 0.665. The average Bonchev–Trinajstić information content (AvgIpc) is 2.75. The molecule has 0 saturated heterocycles. The molecule has 0 spiro atoms. The first-order valence-corrected chi connectivity index (χ1v) is 10.3. The minimum absolute atomic E-state index is 0.135. The maximum absolute atomic E-state index is 13.3. The van der Waals surface area contributed by atoms with Crippen LogP contribution in [0, 0.1) is 12.3 Å². The first-order valence-electron chi connectivity index (χ1n) is 10.3. The summed E-state index contributed by atoms with van der Waals surface area (Å²) in [6, 6.07) is 11.7. The highest BCUT2D eigenvalue weighted by Gasteiger charge is 2.18. The van der Waals surface area contributed by atoms with Crippen molar-refractivity contribution in [2.24, 2.45) is 4.99 Å². The summed E-state index contributed by atoms with van der Waals surface area (Å²) in [5.74, 6) is 0.0223. The first kappa shape index (κ1) is 21.4. The monoisotopic (exact) mass is 404 g/mol. The number of fused-ring (bicyclic) bond motifs is 1. The lowest BCUT2D eigenvalue weighted by atomic mass is 10.0. The zero-order valence-electron chi connectivity index (χ0n) is 17.7. The van der Waals surface area contributed by atoms with Gasteiger partial charge in [-0.3, -0.25) is 14.4 Å². The quantitative estimate of drug-likeness (QED) is 0.528. The third-order valence-electron chi connectivity index (χ3n) is 4.87. The summed E-state index contributed by atoms with van der Waals surface area (Å²) in [6.45, 7) is 7.69. The Bertz CT molecular complexity index is 1100. The van der Waals surface area contributed by atoms with Gasteiger partial charge < -0.3 is 10.7 Å². The molecule has 0 aliphatic heterocycles. The van der Waals surface area contributed by atoms with E-state index in [1.54, 1.807) is 10.8 Å². The van der Waals surface area contributed by atoms with Crippen LogP contribution in [0.25, 0.3) is 11.0 Å². The third-order valence-corrected chi connectivity index (χ3v) is 4.87. The van der Waals surface area contributed by atoms with Crippen molar-refractivity contribution < 1.29 is 0 Å². The van der Waals surface area contributed by atoms with Crippen LogP contribution in [0.4, 0.5) is 5.95 Å². The predicted molar refractivity (Wildman–Crippen MR) is 123 cm³/mol. The molecule has 0 bridgehead atoms. The fourth-order valence-electron chi connectivity index (χ4n) is 3.39. The molecule has 2 heterocycles. The molecule has 1 unspecified atom stereocenters. The number of aromatic nitrogens is 3. The molecule has 156 valence electrons. The van der Waals surface area contributed by atoms with E-state index in [0.29, 0.717) is 36.8 Å². The molecule has 1 atom stereocenters. The SMILES string of the molecule is CCCn1c(=O)c(C(C=N)C=NCc2ccccc2)cc2c(C)nc(NCC)nc21. The van der Waals surface area contributed by atoms with Crippen LogP contribution in [-0.2, 0) is 13.1 Å². The van der Waals surface area contributed by atoms with Gasteiger partial charge in [-0.1, -0.05) is 37.3 Å². The molecule has 0 fully saturated rings. The maximum atomic E-state index is 13.3. The van der Waals surface area contributed by atoms with Crippen molar-refractivity contribution in [3.8, 4) is 0 Å². The molecule has 1 aromatic carbocycles. The van der Waals surface area contributed by atoms with Gasteiger partial charge in [-0.25, -0.2) is 4.98 Å². The van der Waals surface area contributed by atoms with Crippen LogP contribution < -0.4 is 10.9 Å². The van der Waals surface area contributed by atoms with Gasteiger partial charge in [-0.05, 0) is 31.9 Å². The highest BCUT2D eigenvalue weighted by atomic mass is 16.1. The smallest absolute Gasteiger partial charge is 0.256 e. The minimum atomic E-state index is -0.499. The Labute approximate surface area is 176 Å². The second kappa shape index (κ2) is 9.91. The van der Waals surface area contributed by atoms with Gasteiger partial charge >= 0.3 is 0 Å². The molecular formula is C23H28N6O. The molecule has 0 aliphatic rings. The predicted octanol–water partition coefficient (Wildman–Crippen LogP) is 3.95. The van der Waals surface area contributed by atoms with Crippen LogP contribution in [0.15, 0.2) is 46.2 Å². The normalized spacial score (nSPS) is 12.4. The number of pyridine rings is 1. The Hall–Kier alpha value is -3.35. The van der Waals surface area contributed by atoms with Gasteiger partial charge in [0, 0.05) is 36.5 Å². The van der Waals surface area contributed by atoms with E-state index < -0.39 is 5.92 Å². The van der Waals surface area contributed by atoms with Gasteiger partial charge in [0.05, 0.1) is 18.2 Å². The topological polar surface area (TPSA) is 96.0 Å². The first-order chi connectivity index (χ1) is 14.6. The third kappa shape index (κ3) is 4.62. The number of hydrogen-bond acceptors (Lipinski definition) is 6. The van der Waals surface area contributed by atoms with E-state index in [4.69, 9.17) is 5.41 Å². The van der Waals surface area contributed by atoms with Gasteiger partial charge in [0.25, 0.3) is 5.56 Å². The van der Waals surface area contributed by atoms with E-state index in [1.807, 2.05) is 57.2 Å². The summed E-state index contributed by atoms with van der Waals surface area (Å²) in [7, 11) is 0. The zero-order chi connectivity index (χ0) is 21.5. The number of hydrogen-bond donors (Lipinski definition) is 2. The summed E-state index contributed by atoms with van der Waals surface area (Å²) >= 11 is 0. The van der Waals surface area contributed by atoms with Crippen LogP contribution in [0.1, 0.15) is 43.0 Å². The van der Waals surface area contributed by atoms with E-state index in [1.165, 1.54) is 6.21 Å². The Kier molecular flexibility index (Phi) is 7.06. The summed E-state index contributed by atoms with van der Waals surface area (Å²) in [5.41, 5.74) is 2.89. The Morgan fingerprint density at radius 1 is 1.23 bits per heavy atom. The van der Waals surface area contributed by atoms with E-state index in [2.05, 4.69) is 20.3 Å². The highest BCUT2D eigenvalue weighted by molar-refractivity contribution is 5.91. The minimum Gasteiger partial charge on any atom is -0.354 e. The molecule has 3 rings (SSSR count). The fourth-order valence-corrected chi connectivity index (χ4v) is 3.39. The number of benzene rings is 1. The summed E-state index contributed by atoms with van der Waals surface area (Å²) in [6.07, 6.45) is 3.74. The molecule has 0 radical (unpaired) electrons. The van der Waals surface area contributed by atoms with Gasteiger partial charge in [-0.15, -0.1) is 0 Å². The molecule has 0 aliphatic carbocycles. The van der Waals surface area contributed by atoms with Crippen molar-refractivity contribution >= 4 is 29.4 Å². The van der Waals surface area contributed by atoms with Crippen molar-refractivity contribution in [3.05, 3.63) is 63.6 Å². The van der Waals surface area contributed by atoms with Gasteiger partial charge in [0.15, 0.2) is 0 Å². The molecule has 2 N–H and O–H groups in total. The summed E-state index contributed by atoms with van der Waals surface area (Å²) in [5, 5.41) is 11.8. The van der Waals surface area contributed by atoms with Crippen LogP contribution in [0.3, 0.4) is 0 Å². The van der Waals surface area contributed by atoms with E-state index in [9.17, 15) is 4.79 Å². The molecular weight excluding hydrogens is 376 g/mol. The van der Waals surface area contributed by atoms with Gasteiger partial charge in [0.1, 0.15) is 5.65 Å². The lowest BCUT2D eigenvalue weighted by Gasteiger charge is -2.15. The lowest BCUT2D eigenvalue weighted by Crippen LogP contribution is -2.28. The van der Waals surface area contributed by atoms with Crippen LogP contribution >= 0.6 is 0 Å². The van der Waals surface area contributed by atoms with Crippen molar-refractivity contribution in [2.75, 3.05) is 11.9 Å². The molecule has 0 amide bonds. The summed E-state index contributed by atoms with van der Waals surface area (Å²) < 4.78 is 1.70. The molecule has 3 aromatic rings. The number of aryl methyl sites for hydroxylation is 2. The standard InChI is InChI=1S/C23H28N6O/c1-4-11-29-21-19(16(3)27-23(28-21)26-5-2)12-20(22(29)30)18(13-24)15-25-14-17-9-7-6-8-10-17/h6-10,12-13,15,18,24H,4-5,11,14H2,1-3H3,(H,26,27,28). The van der Waals surface area contributed by atoms with Crippen LogP contribution in [-0.4, -0.2) is 33.5 Å². The number of nitrogens with zero attached hydrogens (tertiary/aromatic N) is 4. The highest BCUT2D eigenvalue weighted by Crippen LogP contribution is 2.20. The van der Waals surface area contributed by atoms with Gasteiger partial charge in [-0.2, -0.15) is 4.98 Å². The fraction of sp³-hybridized carbons (Fsp3) is 0.348. The Morgan fingerprint density at radius 3 is 2.67 bits per heavy atom. The number of rotatable bonds is 9. The molecule has 30 heavy (non-hydrogen) atoms. The molecule has 0 saturated carbocycles. The zero-order valence-corrected chi connectivity index (χ0v) is 17.7. The molecule has 7 nitrogen and oxygen atoms in total. The van der Waals surface area contributed by atoms with Crippen molar-refractivity contribution in [1.29, 1.82) is 5.41 Å². The number of aliphatic imine (C=N–C) groups is 1. The Balaban J connectivity index is 2.06. The van der Waals surface area contributed by atoms with E-state index >= 15 is 0 Å². The van der Waals surface area contributed by atoms with Crippen LogP contribution in [0.2, 0.25) is 0 Å². The van der Waals surface area contributed by atoms with Gasteiger partial charge in [0.2, 0.25) is 5.95 Å². The second-order valence-electron chi connectivity index (χ2n) is 7.12. The average molecular weight is 405 g/mol. The molecule has 7 heteroatoms.